The van der Waals surface area contributed by atoms with E-state index >= 15 is 0 Å². The summed E-state index contributed by atoms with van der Waals surface area (Å²) in [6.07, 6.45) is 0. The lowest BCUT2D eigenvalue weighted by Gasteiger charge is -2.10. The summed E-state index contributed by atoms with van der Waals surface area (Å²) in [7, 11) is 0. The Balaban J connectivity index is 2.26. The second-order valence-corrected chi connectivity index (χ2v) is 3.89. The van der Waals surface area contributed by atoms with Crippen LogP contribution in [-0.2, 0) is 6.54 Å². The van der Waals surface area contributed by atoms with Gasteiger partial charge in [0.25, 0.3) is 0 Å². The van der Waals surface area contributed by atoms with Crippen LogP contribution < -0.4 is 11.1 Å². The van der Waals surface area contributed by atoms with Crippen molar-refractivity contribution in [3.63, 3.8) is 0 Å². The Morgan fingerprint density at radius 1 is 1.43 bits per heavy atom. The molecular formula is C11H16N2S. The van der Waals surface area contributed by atoms with Crippen molar-refractivity contribution in [3.05, 3.63) is 35.9 Å². The van der Waals surface area contributed by atoms with Crippen LogP contribution in [-0.4, -0.2) is 11.5 Å². The van der Waals surface area contributed by atoms with Crippen LogP contribution in [0.5, 0.6) is 0 Å². The topological polar surface area (TPSA) is 38.0 Å². The van der Waals surface area contributed by atoms with Gasteiger partial charge in [0, 0.05) is 19.0 Å². The molecule has 1 rings (SSSR count). The standard InChI is InChI=1S/C11H16N2S/c1-9(11(12)14)7-13-8-10-5-3-2-4-6-10/h2-6,9,13H,7-8H2,1H3,(H2,12,14). The molecule has 1 aromatic carbocycles. The van der Waals surface area contributed by atoms with Gasteiger partial charge >= 0.3 is 0 Å². The predicted molar refractivity (Wildman–Crippen MR) is 64.1 cm³/mol. The van der Waals surface area contributed by atoms with Crippen LogP contribution in [0.3, 0.4) is 0 Å². The van der Waals surface area contributed by atoms with E-state index in [0.29, 0.717) is 4.99 Å². The zero-order valence-corrected chi connectivity index (χ0v) is 9.18. The third-order valence-electron chi connectivity index (χ3n) is 2.11. The highest BCUT2D eigenvalue weighted by Crippen LogP contribution is 1.98. The molecule has 1 aromatic rings. The van der Waals surface area contributed by atoms with Gasteiger partial charge in [-0.2, -0.15) is 0 Å². The smallest absolute Gasteiger partial charge is 0.0768 e. The average molecular weight is 208 g/mol. The van der Waals surface area contributed by atoms with Gasteiger partial charge < -0.3 is 11.1 Å². The van der Waals surface area contributed by atoms with Crippen LogP contribution in [0.25, 0.3) is 0 Å². The van der Waals surface area contributed by atoms with Crippen LogP contribution in [0.1, 0.15) is 12.5 Å². The van der Waals surface area contributed by atoms with Crippen LogP contribution in [0, 0.1) is 5.92 Å². The van der Waals surface area contributed by atoms with E-state index in [1.54, 1.807) is 0 Å². The van der Waals surface area contributed by atoms with Crippen LogP contribution in [0.2, 0.25) is 0 Å². The number of nitrogens with two attached hydrogens (primary N) is 1. The molecule has 0 bridgehead atoms. The van der Waals surface area contributed by atoms with Crippen LogP contribution in [0.4, 0.5) is 0 Å². The van der Waals surface area contributed by atoms with Gasteiger partial charge in [0.1, 0.15) is 0 Å². The third-order valence-corrected chi connectivity index (χ3v) is 2.51. The first-order valence-corrected chi connectivity index (χ1v) is 5.15. The summed E-state index contributed by atoms with van der Waals surface area (Å²) in [5.41, 5.74) is 6.79. The first-order chi connectivity index (χ1) is 6.70. The monoisotopic (exact) mass is 208 g/mol. The van der Waals surface area contributed by atoms with Crippen molar-refractivity contribution in [2.45, 2.75) is 13.5 Å². The second kappa shape index (κ2) is 5.73. The number of nitrogens with one attached hydrogen (secondary N) is 1. The Bertz CT molecular complexity index is 285. The molecule has 2 nitrogen and oxygen atoms in total. The fourth-order valence-electron chi connectivity index (χ4n) is 1.13. The molecule has 0 aliphatic carbocycles. The Morgan fingerprint density at radius 3 is 2.64 bits per heavy atom. The highest BCUT2D eigenvalue weighted by Gasteiger charge is 2.03. The summed E-state index contributed by atoms with van der Waals surface area (Å²) in [6.45, 7) is 3.73. The minimum Gasteiger partial charge on any atom is -0.393 e. The molecule has 0 radical (unpaired) electrons. The fourth-order valence-corrected chi connectivity index (χ4v) is 1.21. The summed E-state index contributed by atoms with van der Waals surface area (Å²) in [4.78, 5) is 0.575. The van der Waals surface area contributed by atoms with Gasteiger partial charge in [0.2, 0.25) is 0 Å². The van der Waals surface area contributed by atoms with E-state index in [9.17, 15) is 0 Å². The summed E-state index contributed by atoms with van der Waals surface area (Å²) in [6, 6.07) is 10.3. The number of benzene rings is 1. The zero-order valence-electron chi connectivity index (χ0n) is 8.36. The number of rotatable bonds is 5. The normalized spacial score (nSPS) is 12.4. The number of hydrogen-bond donors (Lipinski definition) is 2. The van der Waals surface area contributed by atoms with Gasteiger partial charge in [0.05, 0.1) is 4.99 Å². The van der Waals surface area contributed by atoms with E-state index < -0.39 is 0 Å². The van der Waals surface area contributed by atoms with E-state index in [4.69, 9.17) is 18.0 Å². The minimum absolute atomic E-state index is 0.258. The molecule has 0 spiro atoms. The molecule has 0 fully saturated rings. The number of thiocarbonyl (C=S) groups is 1. The number of hydrogen-bond acceptors (Lipinski definition) is 2. The first kappa shape index (κ1) is 11.1. The summed E-state index contributed by atoms with van der Waals surface area (Å²) in [5, 5.41) is 3.32. The van der Waals surface area contributed by atoms with E-state index in [1.807, 2.05) is 25.1 Å². The molecule has 0 aliphatic heterocycles. The molecule has 0 heterocycles. The summed E-state index contributed by atoms with van der Waals surface area (Å²) in [5.74, 6) is 0.258. The Morgan fingerprint density at radius 2 is 2.07 bits per heavy atom. The van der Waals surface area contributed by atoms with E-state index in [1.165, 1.54) is 5.56 Å². The zero-order chi connectivity index (χ0) is 10.4. The van der Waals surface area contributed by atoms with Gasteiger partial charge in [0.15, 0.2) is 0 Å². The van der Waals surface area contributed by atoms with E-state index in [2.05, 4.69) is 17.4 Å². The second-order valence-electron chi connectivity index (χ2n) is 3.42. The molecular weight excluding hydrogens is 192 g/mol. The summed E-state index contributed by atoms with van der Waals surface area (Å²) < 4.78 is 0. The SMILES string of the molecule is CC(CNCc1ccccc1)C(N)=S. The first-order valence-electron chi connectivity index (χ1n) is 4.74. The highest BCUT2D eigenvalue weighted by molar-refractivity contribution is 7.80. The van der Waals surface area contributed by atoms with Crippen LogP contribution >= 0.6 is 12.2 Å². The molecule has 0 aliphatic rings. The maximum atomic E-state index is 5.51. The van der Waals surface area contributed by atoms with E-state index in [0.717, 1.165) is 13.1 Å². The quantitative estimate of drug-likeness (QED) is 0.723. The van der Waals surface area contributed by atoms with Crippen LogP contribution in [0.15, 0.2) is 30.3 Å². The largest absolute Gasteiger partial charge is 0.393 e. The lowest BCUT2D eigenvalue weighted by atomic mass is 10.1. The molecule has 0 aromatic heterocycles. The molecule has 1 unspecified atom stereocenters. The van der Waals surface area contributed by atoms with E-state index in [-0.39, 0.29) is 5.92 Å². The molecule has 0 amide bonds. The molecule has 0 saturated heterocycles. The predicted octanol–water partition coefficient (Wildman–Crippen LogP) is 1.70. The van der Waals surface area contributed by atoms with Crippen molar-refractivity contribution in [2.24, 2.45) is 11.7 Å². The lowest BCUT2D eigenvalue weighted by molar-refractivity contribution is 0.617. The maximum absolute atomic E-state index is 5.51. The maximum Gasteiger partial charge on any atom is 0.0768 e. The Kier molecular flexibility index (Phi) is 4.56. The van der Waals surface area contributed by atoms with Gasteiger partial charge in [-0.3, -0.25) is 0 Å². The molecule has 3 heteroatoms. The average Bonchev–Trinajstić information content (AvgIpc) is 2.19. The molecule has 1 atom stereocenters. The molecule has 14 heavy (non-hydrogen) atoms. The summed E-state index contributed by atoms with van der Waals surface area (Å²) >= 11 is 4.89. The van der Waals surface area contributed by atoms with Crippen molar-refractivity contribution >= 4 is 17.2 Å². The molecule has 0 saturated carbocycles. The van der Waals surface area contributed by atoms with Crippen molar-refractivity contribution in [1.82, 2.24) is 5.32 Å². The lowest BCUT2D eigenvalue weighted by Crippen LogP contribution is -2.29. The molecule has 3 N–H and O–H groups in total. The molecule has 76 valence electrons. The van der Waals surface area contributed by atoms with Gasteiger partial charge in [-0.15, -0.1) is 0 Å². The Hall–Kier alpha value is -0.930. The minimum atomic E-state index is 0.258. The highest BCUT2D eigenvalue weighted by atomic mass is 32.1. The third kappa shape index (κ3) is 3.85. The Labute approximate surface area is 90.5 Å². The van der Waals surface area contributed by atoms with Crippen molar-refractivity contribution in [1.29, 1.82) is 0 Å². The van der Waals surface area contributed by atoms with Gasteiger partial charge in [-0.1, -0.05) is 49.5 Å². The van der Waals surface area contributed by atoms with Crippen molar-refractivity contribution in [3.8, 4) is 0 Å². The van der Waals surface area contributed by atoms with Gasteiger partial charge in [-0.25, -0.2) is 0 Å². The fraction of sp³-hybridized carbons (Fsp3) is 0.364. The van der Waals surface area contributed by atoms with Crippen molar-refractivity contribution in [2.75, 3.05) is 6.54 Å². The van der Waals surface area contributed by atoms with Crippen molar-refractivity contribution < 1.29 is 0 Å². The van der Waals surface area contributed by atoms with Gasteiger partial charge in [-0.05, 0) is 5.56 Å².